The molecule has 4 nitrogen and oxygen atoms in total. The zero-order chi connectivity index (χ0) is 11.5. The zero-order valence-corrected chi connectivity index (χ0v) is 10.5. The van der Waals surface area contributed by atoms with Gasteiger partial charge in [-0.1, -0.05) is 12.5 Å². The second-order valence-electron chi connectivity index (χ2n) is 3.86. The number of hydrogen-bond donors (Lipinski definition) is 0. The lowest BCUT2D eigenvalue weighted by Gasteiger charge is -2.27. The van der Waals surface area contributed by atoms with Crippen LogP contribution in [0.5, 0.6) is 0 Å². The summed E-state index contributed by atoms with van der Waals surface area (Å²) >= 11 is 1.51. The van der Waals surface area contributed by atoms with Crippen LogP contribution in [0.3, 0.4) is 0 Å². The van der Waals surface area contributed by atoms with Crippen LogP contribution < -0.4 is 0 Å². The van der Waals surface area contributed by atoms with Gasteiger partial charge >= 0.3 is 0 Å². The van der Waals surface area contributed by atoms with Crippen molar-refractivity contribution in [2.45, 2.75) is 20.3 Å². The lowest BCUT2D eigenvalue weighted by Crippen LogP contribution is -2.38. The van der Waals surface area contributed by atoms with Crippen LogP contribution in [0.4, 0.5) is 0 Å². The molecule has 2 aliphatic heterocycles. The molecule has 0 bridgehead atoms. The molecule has 2 heterocycles. The van der Waals surface area contributed by atoms with Crippen LogP contribution in [-0.2, 0) is 9.53 Å². The Morgan fingerprint density at radius 1 is 1.50 bits per heavy atom. The first-order valence-electron chi connectivity index (χ1n) is 5.55. The van der Waals surface area contributed by atoms with Crippen molar-refractivity contribution in [3.05, 3.63) is 10.5 Å². The second kappa shape index (κ2) is 5.01. The fourth-order valence-electron chi connectivity index (χ4n) is 1.62. The minimum absolute atomic E-state index is 0.0779. The third kappa shape index (κ3) is 2.30. The molecule has 88 valence electrons. The van der Waals surface area contributed by atoms with Crippen LogP contribution >= 0.6 is 11.8 Å². The van der Waals surface area contributed by atoms with E-state index in [9.17, 15) is 4.79 Å². The monoisotopic (exact) mass is 240 g/mol. The summed E-state index contributed by atoms with van der Waals surface area (Å²) in [5, 5.41) is 0.844. The van der Waals surface area contributed by atoms with Crippen LogP contribution in [0.25, 0.3) is 0 Å². The van der Waals surface area contributed by atoms with Gasteiger partial charge in [0.2, 0.25) is 0 Å². The molecule has 0 aromatic heterocycles. The van der Waals surface area contributed by atoms with Crippen LogP contribution in [0.1, 0.15) is 20.3 Å². The number of nitrogens with zero attached hydrogens (tertiary/aromatic N) is 2. The maximum atomic E-state index is 11.7. The zero-order valence-electron chi connectivity index (χ0n) is 9.65. The summed E-state index contributed by atoms with van der Waals surface area (Å²) in [6.07, 6.45) is 0.903. The van der Waals surface area contributed by atoms with E-state index in [1.807, 2.05) is 6.92 Å². The standard InChI is InChI=1S/C11H16N2O2S/c1-3-8(2)9-10(14)12-11(16-9)13-4-6-15-7-5-13/h3-7H2,1-2H3/b9-8+. The lowest BCUT2D eigenvalue weighted by atomic mass is 10.2. The van der Waals surface area contributed by atoms with Crippen molar-refractivity contribution in [3.8, 4) is 0 Å². The number of carbonyl (C=O) groups is 1. The molecule has 0 atom stereocenters. The van der Waals surface area contributed by atoms with Crippen LogP contribution in [-0.4, -0.2) is 42.3 Å². The summed E-state index contributed by atoms with van der Waals surface area (Å²) in [7, 11) is 0. The van der Waals surface area contributed by atoms with E-state index in [1.165, 1.54) is 11.8 Å². The number of thioether (sulfide) groups is 1. The highest BCUT2D eigenvalue weighted by Crippen LogP contribution is 2.31. The number of amidine groups is 1. The Balaban J connectivity index is 2.09. The van der Waals surface area contributed by atoms with E-state index in [2.05, 4.69) is 16.8 Å². The molecule has 0 unspecified atom stereocenters. The summed E-state index contributed by atoms with van der Waals surface area (Å²) < 4.78 is 5.28. The molecule has 0 aromatic carbocycles. The van der Waals surface area contributed by atoms with Gasteiger partial charge in [-0.05, 0) is 25.1 Å². The summed E-state index contributed by atoms with van der Waals surface area (Å²) in [4.78, 5) is 18.8. The van der Waals surface area contributed by atoms with E-state index in [0.717, 1.165) is 48.4 Å². The highest BCUT2D eigenvalue weighted by atomic mass is 32.2. The number of allylic oxidation sites excluding steroid dienone is 1. The molecule has 2 rings (SSSR count). The van der Waals surface area contributed by atoms with Gasteiger partial charge in [0.25, 0.3) is 5.91 Å². The molecular formula is C11H16N2O2S. The fraction of sp³-hybridized carbons (Fsp3) is 0.636. The normalized spacial score (nSPS) is 24.8. The van der Waals surface area contributed by atoms with E-state index in [4.69, 9.17) is 4.74 Å². The van der Waals surface area contributed by atoms with Gasteiger partial charge in [-0.2, -0.15) is 4.99 Å². The van der Waals surface area contributed by atoms with Crippen molar-refractivity contribution < 1.29 is 9.53 Å². The molecule has 1 fully saturated rings. The molecule has 0 radical (unpaired) electrons. The Labute approximate surface area is 99.7 Å². The highest BCUT2D eigenvalue weighted by Gasteiger charge is 2.28. The van der Waals surface area contributed by atoms with Crippen molar-refractivity contribution >= 4 is 22.8 Å². The number of amides is 1. The third-order valence-electron chi connectivity index (χ3n) is 2.78. The summed E-state index contributed by atoms with van der Waals surface area (Å²) in [6.45, 7) is 7.16. The molecule has 2 aliphatic rings. The quantitative estimate of drug-likeness (QED) is 0.653. The van der Waals surface area contributed by atoms with Gasteiger partial charge < -0.3 is 9.64 Å². The summed E-state index contributed by atoms with van der Waals surface area (Å²) in [6, 6.07) is 0. The average Bonchev–Trinajstić information content (AvgIpc) is 2.71. The fourth-order valence-corrected chi connectivity index (χ4v) is 2.69. The van der Waals surface area contributed by atoms with Crippen LogP contribution in [0, 0.1) is 0 Å². The topological polar surface area (TPSA) is 41.9 Å². The predicted octanol–water partition coefficient (Wildman–Crippen LogP) is 1.63. The van der Waals surface area contributed by atoms with Crippen molar-refractivity contribution in [1.29, 1.82) is 0 Å². The number of rotatable bonds is 1. The molecular weight excluding hydrogens is 224 g/mol. The molecule has 1 saturated heterocycles. The van der Waals surface area contributed by atoms with Crippen molar-refractivity contribution in [2.24, 2.45) is 4.99 Å². The highest BCUT2D eigenvalue weighted by molar-refractivity contribution is 8.18. The van der Waals surface area contributed by atoms with E-state index >= 15 is 0 Å². The van der Waals surface area contributed by atoms with Gasteiger partial charge in [0.05, 0.1) is 18.1 Å². The number of ether oxygens (including phenoxy) is 1. The van der Waals surface area contributed by atoms with Gasteiger partial charge in [0, 0.05) is 13.1 Å². The number of aliphatic imine (C=N–C) groups is 1. The Bertz CT molecular complexity index is 357. The van der Waals surface area contributed by atoms with Gasteiger partial charge in [-0.3, -0.25) is 4.79 Å². The van der Waals surface area contributed by atoms with E-state index in [-0.39, 0.29) is 5.91 Å². The van der Waals surface area contributed by atoms with Crippen molar-refractivity contribution in [2.75, 3.05) is 26.3 Å². The lowest BCUT2D eigenvalue weighted by molar-refractivity contribution is -0.113. The Kier molecular flexibility index (Phi) is 3.66. The maximum absolute atomic E-state index is 11.7. The Hall–Kier alpha value is -0.810. The Morgan fingerprint density at radius 3 is 2.81 bits per heavy atom. The van der Waals surface area contributed by atoms with E-state index < -0.39 is 0 Å². The molecule has 1 amide bonds. The SMILES string of the molecule is CC/C(C)=C1/SC(N2CCOCC2)=NC1=O. The minimum atomic E-state index is -0.0779. The van der Waals surface area contributed by atoms with Gasteiger partial charge in [0.15, 0.2) is 5.17 Å². The first kappa shape index (κ1) is 11.7. The molecule has 0 aliphatic carbocycles. The van der Waals surface area contributed by atoms with Crippen LogP contribution in [0.15, 0.2) is 15.5 Å². The van der Waals surface area contributed by atoms with E-state index in [0.29, 0.717) is 0 Å². The molecule has 0 N–H and O–H groups in total. The molecule has 0 spiro atoms. The molecule has 0 aromatic rings. The van der Waals surface area contributed by atoms with E-state index in [1.54, 1.807) is 0 Å². The number of hydrogen-bond acceptors (Lipinski definition) is 4. The smallest absolute Gasteiger partial charge is 0.286 e. The molecule has 5 heteroatoms. The van der Waals surface area contributed by atoms with Gasteiger partial charge in [0.1, 0.15) is 0 Å². The summed E-state index contributed by atoms with van der Waals surface area (Å²) in [5.41, 5.74) is 1.13. The first-order valence-corrected chi connectivity index (χ1v) is 6.37. The summed E-state index contributed by atoms with van der Waals surface area (Å²) in [5.74, 6) is -0.0779. The first-order chi connectivity index (χ1) is 7.72. The van der Waals surface area contributed by atoms with Crippen LogP contribution in [0.2, 0.25) is 0 Å². The largest absolute Gasteiger partial charge is 0.378 e. The number of carbonyl (C=O) groups excluding carboxylic acids is 1. The third-order valence-corrected chi connectivity index (χ3v) is 4.04. The maximum Gasteiger partial charge on any atom is 0.286 e. The minimum Gasteiger partial charge on any atom is -0.378 e. The molecule has 16 heavy (non-hydrogen) atoms. The van der Waals surface area contributed by atoms with Gasteiger partial charge in [-0.25, -0.2) is 0 Å². The van der Waals surface area contributed by atoms with Crippen molar-refractivity contribution in [3.63, 3.8) is 0 Å². The number of morpholine rings is 1. The predicted molar refractivity (Wildman–Crippen MR) is 65.4 cm³/mol. The van der Waals surface area contributed by atoms with Crippen molar-refractivity contribution in [1.82, 2.24) is 4.90 Å². The Morgan fingerprint density at radius 2 is 2.19 bits per heavy atom. The van der Waals surface area contributed by atoms with Gasteiger partial charge in [-0.15, -0.1) is 0 Å². The molecule has 0 saturated carbocycles. The second-order valence-corrected chi connectivity index (χ2v) is 4.84. The average molecular weight is 240 g/mol.